The van der Waals surface area contributed by atoms with E-state index in [9.17, 15) is 0 Å². The van der Waals surface area contributed by atoms with Crippen molar-refractivity contribution in [1.29, 1.82) is 0 Å². The molecule has 0 spiro atoms. The van der Waals surface area contributed by atoms with Crippen LogP contribution in [0.25, 0.3) is 0 Å². The minimum atomic E-state index is -1.27. The van der Waals surface area contributed by atoms with Crippen LogP contribution >= 0.6 is 52.1 Å². The van der Waals surface area contributed by atoms with E-state index in [1.807, 2.05) is 56.9 Å². The molecule has 0 aliphatic carbocycles. The van der Waals surface area contributed by atoms with Crippen molar-refractivity contribution in [2.45, 2.75) is 0 Å². The van der Waals surface area contributed by atoms with Crippen molar-refractivity contribution in [1.82, 2.24) is 0 Å². The second-order valence-electron chi connectivity index (χ2n) is 2.23. The Labute approximate surface area is 111 Å². The molecule has 0 bridgehead atoms. The zero-order chi connectivity index (χ0) is 10.7. The minimum Gasteiger partial charge on any atom is -0.102 e. The molecule has 0 aromatic carbocycles. The monoisotopic (exact) mass is 336 g/mol. The van der Waals surface area contributed by atoms with Gasteiger partial charge >= 0.3 is 0 Å². The highest BCUT2D eigenvalue weighted by atomic mass is 33.9. The van der Waals surface area contributed by atoms with E-state index < -0.39 is 7.29 Å². The van der Waals surface area contributed by atoms with Crippen LogP contribution in [-0.4, -0.2) is 11.5 Å². The molecule has 14 heavy (non-hydrogen) atoms. The van der Waals surface area contributed by atoms with Gasteiger partial charge in [0, 0.05) is 11.5 Å². The Bertz CT molecular complexity index is 280. The first-order chi connectivity index (χ1) is 6.54. The Morgan fingerprint density at radius 2 is 1.36 bits per heavy atom. The third kappa shape index (κ3) is 4.21. The van der Waals surface area contributed by atoms with Crippen molar-refractivity contribution in [3.05, 3.63) is 25.3 Å². The average Bonchev–Trinajstić information content (AvgIpc) is 2.09. The summed E-state index contributed by atoms with van der Waals surface area (Å²) in [4.78, 5) is 0. The zero-order valence-corrected chi connectivity index (χ0v) is 14.0. The van der Waals surface area contributed by atoms with Gasteiger partial charge in [-0.05, 0) is 22.0 Å². The maximum absolute atomic E-state index is 5.57. The van der Waals surface area contributed by atoms with Gasteiger partial charge in [-0.3, -0.25) is 0 Å². The third-order valence-electron chi connectivity index (χ3n) is 1.10. The largest absolute Gasteiger partial charge is 0.122 e. The molecule has 0 aromatic rings. The Balaban J connectivity index is 2.40. The smallest absolute Gasteiger partial charge is 0.102 e. The van der Waals surface area contributed by atoms with E-state index in [1.165, 1.54) is 0 Å². The standard InChI is InChI=1S/C6H10P2S6/c1-3-5-11-7(9)13-8(10,14-7)12-6-4-2/h3-4H,1-2,5-6H2. The van der Waals surface area contributed by atoms with Crippen LogP contribution in [0, 0.1) is 0 Å². The molecule has 0 atom stereocenters. The Morgan fingerprint density at radius 3 is 1.64 bits per heavy atom. The van der Waals surface area contributed by atoms with Gasteiger partial charge < -0.3 is 0 Å². The van der Waals surface area contributed by atoms with E-state index in [2.05, 4.69) is 13.2 Å². The predicted octanol–water partition coefficient (Wildman–Crippen LogP) is 5.75. The fourth-order valence-corrected chi connectivity index (χ4v) is 69.1. The van der Waals surface area contributed by atoms with Gasteiger partial charge in [0.1, 0.15) is 7.29 Å². The van der Waals surface area contributed by atoms with Gasteiger partial charge in [0.15, 0.2) is 0 Å². The molecule has 0 N–H and O–H groups in total. The first kappa shape index (κ1) is 14.2. The van der Waals surface area contributed by atoms with Crippen LogP contribution in [0.15, 0.2) is 25.3 Å². The van der Waals surface area contributed by atoms with Crippen LogP contribution in [0.3, 0.4) is 0 Å². The maximum Gasteiger partial charge on any atom is 0.122 e. The molecule has 0 nitrogen and oxygen atoms in total. The van der Waals surface area contributed by atoms with Crippen LogP contribution in [0.4, 0.5) is 0 Å². The van der Waals surface area contributed by atoms with Crippen molar-refractivity contribution < 1.29 is 0 Å². The van der Waals surface area contributed by atoms with Gasteiger partial charge in [-0.2, -0.15) is 0 Å². The molecule has 0 saturated carbocycles. The normalized spacial score (nSPS) is 36.0. The van der Waals surface area contributed by atoms with Gasteiger partial charge in [-0.15, -0.1) is 13.2 Å². The Morgan fingerprint density at radius 1 is 1.00 bits per heavy atom. The quantitative estimate of drug-likeness (QED) is 0.444. The molecule has 0 amide bonds. The summed E-state index contributed by atoms with van der Waals surface area (Å²) in [7, 11) is 0. The lowest BCUT2D eigenvalue weighted by atomic mass is 10.8. The minimum absolute atomic E-state index is 0.957. The van der Waals surface area contributed by atoms with E-state index in [-0.39, 0.29) is 0 Å². The van der Waals surface area contributed by atoms with Crippen LogP contribution < -0.4 is 0 Å². The summed E-state index contributed by atoms with van der Waals surface area (Å²) in [5.41, 5.74) is 0. The molecule has 1 rings (SSSR count). The lowest BCUT2D eigenvalue weighted by Crippen LogP contribution is -1.78. The van der Waals surface area contributed by atoms with Crippen LogP contribution in [-0.2, 0) is 23.6 Å². The van der Waals surface area contributed by atoms with E-state index in [0.717, 1.165) is 11.5 Å². The van der Waals surface area contributed by atoms with Crippen molar-refractivity contribution in [2.24, 2.45) is 0 Å². The summed E-state index contributed by atoms with van der Waals surface area (Å²) < 4.78 is -2.54. The van der Waals surface area contributed by atoms with E-state index >= 15 is 0 Å². The molecule has 0 aromatic heterocycles. The molecule has 1 heterocycles. The number of hydrogen-bond acceptors (Lipinski definition) is 6. The second kappa shape index (κ2) is 6.20. The summed E-state index contributed by atoms with van der Waals surface area (Å²) in [5, 5.41) is 0. The van der Waals surface area contributed by atoms with Gasteiger partial charge in [0.25, 0.3) is 0 Å². The molecule has 1 fully saturated rings. The molecular weight excluding hydrogens is 326 g/mol. The van der Waals surface area contributed by atoms with Crippen molar-refractivity contribution >= 4 is 75.7 Å². The summed E-state index contributed by atoms with van der Waals surface area (Å²) in [6.07, 6.45) is 3.83. The summed E-state index contributed by atoms with van der Waals surface area (Å²) in [6, 6.07) is 0. The highest BCUT2D eigenvalue weighted by Crippen LogP contribution is 3.12. The van der Waals surface area contributed by atoms with E-state index in [0.29, 0.717) is 0 Å². The van der Waals surface area contributed by atoms with Crippen LogP contribution in [0.2, 0.25) is 0 Å². The zero-order valence-electron chi connectivity index (χ0n) is 7.33. The molecule has 1 aliphatic rings. The molecular formula is C6H10P2S6. The van der Waals surface area contributed by atoms with Crippen LogP contribution in [0.1, 0.15) is 0 Å². The SMILES string of the molecule is C=CCSP1(=S)SP(=S)(SCC=C)S1. The van der Waals surface area contributed by atoms with Crippen molar-refractivity contribution in [2.75, 3.05) is 11.5 Å². The second-order valence-corrected chi connectivity index (χ2v) is 32.5. The molecule has 0 radical (unpaired) electrons. The van der Waals surface area contributed by atoms with Gasteiger partial charge in [-0.25, -0.2) is 0 Å². The highest BCUT2D eigenvalue weighted by Gasteiger charge is 2.44. The highest BCUT2D eigenvalue weighted by molar-refractivity contribution is 9.63. The van der Waals surface area contributed by atoms with Crippen LogP contribution in [0.5, 0.6) is 0 Å². The van der Waals surface area contributed by atoms with Gasteiger partial charge in [0.05, 0.1) is 0 Å². The Hall–Kier alpha value is 2.18. The summed E-state index contributed by atoms with van der Waals surface area (Å²) >= 11 is 18.7. The molecule has 1 saturated heterocycles. The third-order valence-corrected chi connectivity index (χ3v) is 43.0. The van der Waals surface area contributed by atoms with E-state index in [1.54, 1.807) is 0 Å². The number of hydrogen-bond donors (Lipinski definition) is 0. The predicted molar refractivity (Wildman–Crippen MR) is 89.1 cm³/mol. The molecule has 0 unspecified atom stereocenters. The van der Waals surface area contributed by atoms with Crippen molar-refractivity contribution in [3.8, 4) is 0 Å². The van der Waals surface area contributed by atoms with Crippen molar-refractivity contribution in [3.63, 3.8) is 0 Å². The topological polar surface area (TPSA) is 0 Å². The molecule has 80 valence electrons. The summed E-state index contributed by atoms with van der Waals surface area (Å²) in [5.74, 6) is 1.91. The fourth-order valence-electron chi connectivity index (χ4n) is 0.633. The van der Waals surface area contributed by atoms with Gasteiger partial charge in [0.2, 0.25) is 0 Å². The Kier molecular flexibility index (Phi) is 6.31. The first-order valence-electron chi connectivity index (χ1n) is 3.67. The lowest BCUT2D eigenvalue weighted by molar-refractivity contribution is 1.84. The first-order valence-corrected chi connectivity index (χ1v) is 16.5. The molecule has 8 heteroatoms. The number of rotatable bonds is 6. The van der Waals surface area contributed by atoms with E-state index in [4.69, 9.17) is 23.6 Å². The fraction of sp³-hybridized carbons (Fsp3) is 0.333. The summed E-state index contributed by atoms with van der Waals surface area (Å²) in [6.45, 7) is 7.41. The maximum atomic E-state index is 5.57. The molecule has 1 aliphatic heterocycles. The van der Waals surface area contributed by atoms with Gasteiger partial charge in [-0.1, -0.05) is 58.5 Å². The lowest BCUT2D eigenvalue weighted by Gasteiger charge is -2.38. The average molecular weight is 336 g/mol.